The number of hydrogen-bond donors (Lipinski definition) is 3. The minimum absolute atomic E-state index is 0. The van der Waals surface area contributed by atoms with E-state index >= 15 is 0 Å². The van der Waals surface area contributed by atoms with Gasteiger partial charge in [0.1, 0.15) is 5.82 Å². The molecule has 164 valence electrons. The maximum Gasteiger partial charge on any atom is 0.239 e. The smallest absolute Gasteiger partial charge is 0.239 e. The summed E-state index contributed by atoms with van der Waals surface area (Å²) in [5.41, 5.74) is 0.615. The molecule has 7 nitrogen and oxygen atoms in total. The Balaban J connectivity index is 0.00000420. The van der Waals surface area contributed by atoms with E-state index in [-0.39, 0.29) is 53.8 Å². The molecule has 1 heterocycles. The lowest BCUT2D eigenvalue weighted by molar-refractivity contribution is -0.121. The van der Waals surface area contributed by atoms with Gasteiger partial charge in [-0.05, 0) is 38.5 Å². The first-order chi connectivity index (χ1) is 13.3. The van der Waals surface area contributed by atoms with Crippen LogP contribution in [0.4, 0.5) is 4.39 Å². The zero-order valence-corrected chi connectivity index (χ0v) is 20.0. The quantitative estimate of drug-likeness (QED) is 0.303. The van der Waals surface area contributed by atoms with Crippen molar-refractivity contribution in [2.45, 2.75) is 32.4 Å². The molecule has 29 heavy (non-hydrogen) atoms. The molecule has 1 aliphatic heterocycles. The van der Waals surface area contributed by atoms with Crippen molar-refractivity contribution < 1.29 is 13.9 Å². The Morgan fingerprint density at radius 1 is 1.28 bits per heavy atom. The topological polar surface area (TPSA) is 78.0 Å². The number of carbonyl (C=O) groups excluding carboxylic acids is 1. The standard InChI is InChI=1S/C20H32FN5O2.HI/c1-20(2,3)25-18(27)14-24-19(22-4)23-13-17(26-8-10-28-11-9-26)15-6-5-7-16(21)12-15;/h5-7,12,17H,8-11,13-14H2,1-4H3,(H,25,27)(H2,22,23,24);1H. The number of aliphatic imine (C=N–C) groups is 1. The summed E-state index contributed by atoms with van der Waals surface area (Å²) in [7, 11) is 1.66. The Bertz CT molecular complexity index is 675. The largest absolute Gasteiger partial charge is 0.379 e. The minimum atomic E-state index is -0.283. The number of benzene rings is 1. The van der Waals surface area contributed by atoms with E-state index in [0.717, 1.165) is 18.7 Å². The monoisotopic (exact) mass is 521 g/mol. The molecule has 1 saturated heterocycles. The first-order valence-electron chi connectivity index (χ1n) is 9.61. The number of nitrogens with one attached hydrogen (secondary N) is 3. The Kier molecular flexibility index (Phi) is 10.8. The Morgan fingerprint density at radius 3 is 2.55 bits per heavy atom. The summed E-state index contributed by atoms with van der Waals surface area (Å²) in [5.74, 6) is 0.168. The van der Waals surface area contributed by atoms with Crippen molar-refractivity contribution in [2.75, 3.05) is 46.4 Å². The SMILES string of the molecule is CN=C(NCC(=O)NC(C)(C)C)NCC(c1cccc(F)c1)N1CCOCC1.I. The van der Waals surface area contributed by atoms with E-state index in [1.165, 1.54) is 6.07 Å². The molecule has 1 amide bonds. The van der Waals surface area contributed by atoms with Crippen LogP contribution in [-0.2, 0) is 9.53 Å². The van der Waals surface area contributed by atoms with Gasteiger partial charge in [-0.1, -0.05) is 12.1 Å². The van der Waals surface area contributed by atoms with Gasteiger partial charge in [-0.3, -0.25) is 14.7 Å². The average Bonchev–Trinajstić information content (AvgIpc) is 2.64. The first kappa shape index (κ1) is 25.6. The summed E-state index contributed by atoms with van der Waals surface area (Å²) < 4.78 is 19.2. The summed E-state index contributed by atoms with van der Waals surface area (Å²) >= 11 is 0. The molecule has 1 atom stereocenters. The van der Waals surface area contributed by atoms with Gasteiger partial charge < -0.3 is 20.7 Å². The van der Waals surface area contributed by atoms with Crippen LogP contribution >= 0.6 is 24.0 Å². The second-order valence-electron chi connectivity index (χ2n) is 7.82. The van der Waals surface area contributed by atoms with Crippen molar-refractivity contribution in [3.8, 4) is 0 Å². The number of morpholine rings is 1. The van der Waals surface area contributed by atoms with Gasteiger partial charge >= 0.3 is 0 Å². The Hall–Kier alpha value is -1.46. The summed E-state index contributed by atoms with van der Waals surface area (Å²) in [6, 6.07) is 6.64. The van der Waals surface area contributed by atoms with E-state index in [1.54, 1.807) is 19.2 Å². The molecule has 1 aromatic carbocycles. The van der Waals surface area contributed by atoms with E-state index in [4.69, 9.17) is 4.74 Å². The van der Waals surface area contributed by atoms with E-state index < -0.39 is 0 Å². The molecule has 0 spiro atoms. The van der Waals surface area contributed by atoms with Crippen molar-refractivity contribution in [3.05, 3.63) is 35.6 Å². The fourth-order valence-corrected chi connectivity index (χ4v) is 3.10. The predicted molar refractivity (Wildman–Crippen MR) is 124 cm³/mol. The molecule has 0 aliphatic carbocycles. The molecule has 1 aromatic rings. The number of amides is 1. The summed E-state index contributed by atoms with van der Waals surface area (Å²) in [5, 5.41) is 9.18. The van der Waals surface area contributed by atoms with Crippen LogP contribution in [0.1, 0.15) is 32.4 Å². The van der Waals surface area contributed by atoms with Gasteiger partial charge in [0.05, 0.1) is 25.8 Å². The number of rotatable bonds is 6. The van der Waals surface area contributed by atoms with Gasteiger partial charge in [-0.25, -0.2) is 4.39 Å². The lowest BCUT2D eigenvalue weighted by Crippen LogP contribution is -2.50. The third-order valence-corrected chi connectivity index (χ3v) is 4.34. The van der Waals surface area contributed by atoms with Crippen LogP contribution in [0, 0.1) is 5.82 Å². The normalized spacial score (nSPS) is 16.5. The Morgan fingerprint density at radius 2 is 1.97 bits per heavy atom. The van der Waals surface area contributed by atoms with Crippen LogP contribution in [0.2, 0.25) is 0 Å². The molecular formula is C20H33FIN5O2. The number of nitrogens with zero attached hydrogens (tertiary/aromatic N) is 2. The number of carbonyl (C=O) groups is 1. The molecule has 3 N–H and O–H groups in total. The molecule has 2 rings (SSSR count). The van der Waals surface area contributed by atoms with Gasteiger partial charge in [0.25, 0.3) is 0 Å². The van der Waals surface area contributed by atoms with Gasteiger partial charge in [-0.15, -0.1) is 24.0 Å². The molecule has 0 aromatic heterocycles. The summed E-state index contributed by atoms with van der Waals surface area (Å²) in [6.07, 6.45) is 0. The molecule has 0 bridgehead atoms. The van der Waals surface area contributed by atoms with Crippen LogP contribution in [0.15, 0.2) is 29.3 Å². The van der Waals surface area contributed by atoms with E-state index in [0.29, 0.717) is 25.7 Å². The van der Waals surface area contributed by atoms with Crippen LogP contribution in [0.25, 0.3) is 0 Å². The second-order valence-corrected chi connectivity index (χ2v) is 7.82. The minimum Gasteiger partial charge on any atom is -0.379 e. The zero-order valence-electron chi connectivity index (χ0n) is 17.6. The highest BCUT2D eigenvalue weighted by Crippen LogP contribution is 2.22. The molecule has 0 saturated carbocycles. The van der Waals surface area contributed by atoms with Crippen molar-refractivity contribution in [1.29, 1.82) is 0 Å². The van der Waals surface area contributed by atoms with Gasteiger partial charge in [0.15, 0.2) is 5.96 Å². The average molecular weight is 521 g/mol. The number of ether oxygens (including phenoxy) is 1. The molecule has 1 fully saturated rings. The number of hydrogen-bond acceptors (Lipinski definition) is 4. The predicted octanol–water partition coefficient (Wildman–Crippen LogP) is 1.90. The van der Waals surface area contributed by atoms with Crippen molar-refractivity contribution in [2.24, 2.45) is 4.99 Å². The van der Waals surface area contributed by atoms with Crippen molar-refractivity contribution in [1.82, 2.24) is 20.9 Å². The molecular weight excluding hydrogens is 488 g/mol. The molecule has 9 heteroatoms. The lowest BCUT2D eigenvalue weighted by atomic mass is 10.0. The third-order valence-electron chi connectivity index (χ3n) is 4.34. The summed E-state index contributed by atoms with van der Waals surface area (Å²) in [4.78, 5) is 18.5. The Labute approximate surface area is 189 Å². The fourth-order valence-electron chi connectivity index (χ4n) is 3.10. The van der Waals surface area contributed by atoms with Crippen molar-refractivity contribution in [3.63, 3.8) is 0 Å². The third kappa shape index (κ3) is 9.26. The highest BCUT2D eigenvalue weighted by molar-refractivity contribution is 14.0. The van der Waals surface area contributed by atoms with Crippen LogP contribution in [-0.4, -0.2) is 68.7 Å². The maximum absolute atomic E-state index is 13.8. The number of halogens is 2. The second kappa shape index (κ2) is 12.3. The van der Waals surface area contributed by atoms with Gasteiger partial charge in [-0.2, -0.15) is 0 Å². The van der Waals surface area contributed by atoms with E-state index in [9.17, 15) is 9.18 Å². The highest BCUT2D eigenvalue weighted by Gasteiger charge is 2.23. The number of guanidine groups is 1. The van der Waals surface area contributed by atoms with Crippen LogP contribution in [0.3, 0.4) is 0 Å². The lowest BCUT2D eigenvalue weighted by Gasteiger charge is -2.35. The zero-order chi connectivity index (χ0) is 20.6. The van der Waals surface area contributed by atoms with Gasteiger partial charge in [0.2, 0.25) is 5.91 Å². The molecule has 1 unspecified atom stereocenters. The van der Waals surface area contributed by atoms with E-state index in [1.807, 2.05) is 26.8 Å². The van der Waals surface area contributed by atoms with Crippen LogP contribution in [0.5, 0.6) is 0 Å². The van der Waals surface area contributed by atoms with Gasteiger partial charge in [0, 0.05) is 32.2 Å². The first-order valence-corrected chi connectivity index (χ1v) is 9.61. The van der Waals surface area contributed by atoms with Crippen LogP contribution < -0.4 is 16.0 Å². The highest BCUT2D eigenvalue weighted by atomic mass is 127. The van der Waals surface area contributed by atoms with Crippen molar-refractivity contribution >= 4 is 35.8 Å². The summed E-state index contributed by atoms with van der Waals surface area (Å²) in [6.45, 7) is 9.34. The maximum atomic E-state index is 13.8. The molecule has 0 radical (unpaired) electrons. The van der Waals surface area contributed by atoms with E-state index in [2.05, 4.69) is 25.8 Å². The fraction of sp³-hybridized carbons (Fsp3) is 0.600. The molecule has 1 aliphatic rings.